The van der Waals surface area contributed by atoms with Crippen LogP contribution in [-0.2, 0) is 0 Å². The summed E-state index contributed by atoms with van der Waals surface area (Å²) in [6.45, 7) is 0. The van der Waals surface area contributed by atoms with E-state index in [1.807, 2.05) is 0 Å². The summed E-state index contributed by atoms with van der Waals surface area (Å²) >= 11 is 0. The minimum atomic E-state index is -0.794. The van der Waals surface area contributed by atoms with Gasteiger partial charge >= 0.3 is 0 Å². The predicted octanol–water partition coefficient (Wildman–Crippen LogP) is 3.16. The number of phenols is 1. The zero-order chi connectivity index (χ0) is 20.2. The Bertz CT molecular complexity index is 1150. The zero-order valence-corrected chi connectivity index (χ0v) is 13.9. The topological polar surface area (TPSA) is 144 Å². The third-order valence-electron chi connectivity index (χ3n) is 4.48. The number of aromatic hydroxyl groups is 1. The lowest BCUT2D eigenvalue weighted by atomic mass is 9.91. The Hall–Kier alpha value is -4.34. The van der Waals surface area contributed by atoms with Crippen molar-refractivity contribution in [3.63, 3.8) is 0 Å². The first kappa shape index (κ1) is 17.1. The average molecular weight is 379 g/mol. The van der Waals surface area contributed by atoms with Crippen molar-refractivity contribution in [2.45, 2.75) is 0 Å². The molecule has 0 unspecified atom stereocenters. The molecule has 2 amide bonds. The number of hydrogen-bond donors (Lipinski definition) is 1. The van der Waals surface area contributed by atoms with Crippen LogP contribution in [0.2, 0.25) is 0 Å². The highest BCUT2D eigenvalue weighted by atomic mass is 16.6. The third kappa shape index (κ3) is 2.28. The van der Waals surface area contributed by atoms with Gasteiger partial charge in [0.15, 0.2) is 0 Å². The van der Waals surface area contributed by atoms with Crippen molar-refractivity contribution in [1.82, 2.24) is 0 Å². The first-order valence-electron chi connectivity index (χ1n) is 7.87. The SMILES string of the molecule is O=C1c2ccc([N+](=O)[O-])c3c([N+](=O)[O-])ccc(c23)C(=O)N1c1ccc(O)cc1. The molecule has 0 fully saturated rings. The van der Waals surface area contributed by atoms with Gasteiger partial charge in [-0.05, 0) is 36.4 Å². The second kappa shape index (κ2) is 5.84. The molecule has 138 valence electrons. The second-order valence-corrected chi connectivity index (χ2v) is 5.99. The number of amides is 2. The Morgan fingerprint density at radius 1 is 0.714 bits per heavy atom. The molecular formula is C18H9N3O7. The maximum Gasteiger partial charge on any atom is 0.284 e. The van der Waals surface area contributed by atoms with Gasteiger partial charge in [0.05, 0.1) is 15.5 Å². The van der Waals surface area contributed by atoms with Crippen LogP contribution < -0.4 is 4.90 Å². The molecule has 0 bridgehead atoms. The Morgan fingerprint density at radius 2 is 1.18 bits per heavy atom. The van der Waals surface area contributed by atoms with E-state index in [1.165, 1.54) is 36.4 Å². The normalized spacial score (nSPS) is 13.1. The fourth-order valence-electron chi connectivity index (χ4n) is 3.29. The van der Waals surface area contributed by atoms with E-state index in [9.17, 15) is 34.9 Å². The van der Waals surface area contributed by atoms with Crippen LogP contribution in [0.15, 0.2) is 48.5 Å². The molecule has 0 aromatic heterocycles. The highest BCUT2D eigenvalue weighted by Gasteiger charge is 2.38. The monoisotopic (exact) mass is 379 g/mol. The van der Waals surface area contributed by atoms with E-state index in [-0.39, 0.29) is 33.3 Å². The number of phenolic OH excluding ortho intramolecular Hbond substituents is 1. The van der Waals surface area contributed by atoms with Crippen LogP contribution in [0.5, 0.6) is 5.75 Å². The number of non-ortho nitro benzene ring substituents is 2. The molecule has 0 spiro atoms. The van der Waals surface area contributed by atoms with Gasteiger partial charge in [0, 0.05) is 28.6 Å². The van der Waals surface area contributed by atoms with Gasteiger partial charge in [-0.2, -0.15) is 0 Å². The maximum atomic E-state index is 13.0. The van der Waals surface area contributed by atoms with Crippen molar-refractivity contribution in [3.05, 3.63) is 79.9 Å². The van der Waals surface area contributed by atoms with Gasteiger partial charge in [0.25, 0.3) is 23.2 Å². The van der Waals surface area contributed by atoms with E-state index in [1.54, 1.807) is 0 Å². The molecule has 1 N–H and O–H groups in total. The predicted molar refractivity (Wildman–Crippen MR) is 96.5 cm³/mol. The van der Waals surface area contributed by atoms with E-state index in [0.717, 1.165) is 17.0 Å². The fraction of sp³-hybridized carbons (Fsp3) is 0. The summed E-state index contributed by atoms with van der Waals surface area (Å²) < 4.78 is 0. The average Bonchev–Trinajstić information content (AvgIpc) is 2.66. The van der Waals surface area contributed by atoms with E-state index in [0.29, 0.717) is 0 Å². The molecule has 1 heterocycles. The number of imide groups is 1. The molecule has 0 atom stereocenters. The van der Waals surface area contributed by atoms with Gasteiger partial charge in [-0.1, -0.05) is 0 Å². The number of nitro groups is 2. The highest BCUT2D eigenvalue weighted by Crippen LogP contribution is 2.41. The number of carbonyl (C=O) groups excluding carboxylic acids is 2. The van der Waals surface area contributed by atoms with E-state index in [4.69, 9.17) is 0 Å². The van der Waals surface area contributed by atoms with E-state index < -0.39 is 33.0 Å². The summed E-state index contributed by atoms with van der Waals surface area (Å²) in [4.78, 5) is 48.0. The van der Waals surface area contributed by atoms with Gasteiger partial charge < -0.3 is 5.11 Å². The first-order chi connectivity index (χ1) is 13.3. The van der Waals surface area contributed by atoms with Crippen molar-refractivity contribution in [1.29, 1.82) is 0 Å². The molecule has 4 rings (SSSR count). The Balaban J connectivity index is 2.05. The van der Waals surface area contributed by atoms with Crippen molar-refractivity contribution in [2.24, 2.45) is 0 Å². The van der Waals surface area contributed by atoms with Crippen LogP contribution in [0, 0.1) is 20.2 Å². The summed E-state index contributed by atoms with van der Waals surface area (Å²) in [7, 11) is 0. The lowest BCUT2D eigenvalue weighted by molar-refractivity contribution is -0.390. The third-order valence-corrected chi connectivity index (χ3v) is 4.48. The second-order valence-electron chi connectivity index (χ2n) is 5.99. The molecule has 3 aromatic rings. The number of nitro benzene ring substituents is 2. The number of nitrogens with zero attached hydrogens (tertiary/aromatic N) is 3. The van der Waals surface area contributed by atoms with Crippen molar-refractivity contribution < 1.29 is 24.5 Å². The smallest absolute Gasteiger partial charge is 0.284 e. The van der Waals surface area contributed by atoms with Gasteiger partial charge in [0.2, 0.25) is 0 Å². The molecular weight excluding hydrogens is 370 g/mol. The van der Waals surface area contributed by atoms with Gasteiger partial charge in [-0.25, -0.2) is 4.90 Å². The van der Waals surface area contributed by atoms with E-state index in [2.05, 4.69) is 0 Å². The van der Waals surface area contributed by atoms with Gasteiger partial charge in [-0.3, -0.25) is 29.8 Å². The van der Waals surface area contributed by atoms with Crippen LogP contribution in [-0.4, -0.2) is 26.8 Å². The molecule has 0 saturated carbocycles. The first-order valence-corrected chi connectivity index (χ1v) is 7.87. The van der Waals surface area contributed by atoms with Crippen molar-refractivity contribution in [3.8, 4) is 5.75 Å². The minimum Gasteiger partial charge on any atom is -0.508 e. The van der Waals surface area contributed by atoms with Crippen molar-refractivity contribution >= 4 is 39.6 Å². The van der Waals surface area contributed by atoms with Crippen molar-refractivity contribution in [2.75, 3.05) is 4.90 Å². The molecule has 0 aliphatic carbocycles. The maximum absolute atomic E-state index is 13.0. The molecule has 10 heteroatoms. The quantitative estimate of drug-likeness (QED) is 0.418. The Labute approximate surface area is 155 Å². The minimum absolute atomic E-state index is 0.0607. The van der Waals surface area contributed by atoms with Crippen LogP contribution >= 0.6 is 0 Å². The zero-order valence-electron chi connectivity index (χ0n) is 13.9. The Morgan fingerprint density at radius 3 is 1.61 bits per heavy atom. The largest absolute Gasteiger partial charge is 0.508 e. The highest BCUT2D eigenvalue weighted by molar-refractivity contribution is 6.37. The number of carbonyl (C=O) groups is 2. The fourth-order valence-corrected chi connectivity index (χ4v) is 3.29. The molecule has 10 nitrogen and oxygen atoms in total. The van der Waals surface area contributed by atoms with Crippen LogP contribution in [0.4, 0.5) is 17.1 Å². The number of rotatable bonds is 3. The standard InChI is InChI=1S/C18H9N3O7/c22-10-3-1-9(2-4-10)19-17(23)11-5-7-13(20(25)26)16-14(21(27)28)8-6-12(15(11)16)18(19)24/h1-8,22H. The lowest BCUT2D eigenvalue weighted by Gasteiger charge is -2.27. The number of hydrogen-bond acceptors (Lipinski definition) is 7. The summed E-state index contributed by atoms with van der Waals surface area (Å²) in [6, 6.07) is 9.70. The van der Waals surface area contributed by atoms with Crippen LogP contribution in [0.1, 0.15) is 20.7 Å². The van der Waals surface area contributed by atoms with Crippen LogP contribution in [0.3, 0.4) is 0 Å². The molecule has 3 aromatic carbocycles. The number of benzene rings is 3. The Kier molecular flexibility index (Phi) is 3.57. The molecule has 1 aliphatic heterocycles. The molecule has 28 heavy (non-hydrogen) atoms. The van der Waals surface area contributed by atoms with E-state index >= 15 is 0 Å². The van der Waals surface area contributed by atoms with Gasteiger partial charge in [-0.15, -0.1) is 0 Å². The summed E-state index contributed by atoms with van der Waals surface area (Å²) in [5, 5.41) is 31.7. The summed E-state index contributed by atoms with van der Waals surface area (Å²) in [5.41, 5.74) is -1.07. The molecule has 0 saturated heterocycles. The molecule has 1 aliphatic rings. The molecule has 0 radical (unpaired) electrons. The summed E-state index contributed by atoms with van der Waals surface area (Å²) in [5.74, 6) is -1.61. The van der Waals surface area contributed by atoms with Gasteiger partial charge in [0.1, 0.15) is 11.1 Å². The summed E-state index contributed by atoms with van der Waals surface area (Å²) in [6.07, 6.45) is 0. The lowest BCUT2D eigenvalue weighted by Crippen LogP contribution is -2.40. The van der Waals surface area contributed by atoms with Crippen LogP contribution in [0.25, 0.3) is 10.8 Å². The number of anilines is 1.